The summed E-state index contributed by atoms with van der Waals surface area (Å²) in [5, 5.41) is 35.0. The third kappa shape index (κ3) is 2.74. The van der Waals surface area contributed by atoms with Gasteiger partial charge in [0, 0.05) is 0 Å². The lowest BCUT2D eigenvalue weighted by Gasteiger charge is -2.35. The first-order chi connectivity index (χ1) is 10.3. The number of hydrogen-bond acceptors (Lipinski definition) is 4. The van der Waals surface area contributed by atoms with Crippen molar-refractivity contribution in [3.8, 4) is 0 Å². The summed E-state index contributed by atoms with van der Waals surface area (Å²) in [4.78, 5) is 43.7. The Morgan fingerprint density at radius 2 is 1.43 bits per heavy atom. The summed E-state index contributed by atoms with van der Waals surface area (Å²) >= 11 is 0. The maximum absolute atomic E-state index is 14.6. The van der Waals surface area contributed by atoms with Gasteiger partial charge in [0.05, 0.1) is 16.7 Å². The van der Waals surface area contributed by atoms with Crippen LogP contribution in [0.3, 0.4) is 0 Å². The van der Waals surface area contributed by atoms with Crippen LogP contribution in [-0.4, -0.2) is 56.1 Å². The smallest absolute Gasteiger partial charge is 0.400 e. The van der Waals surface area contributed by atoms with Crippen LogP contribution < -0.4 is 0 Å². The van der Waals surface area contributed by atoms with E-state index in [9.17, 15) is 36.7 Å². The van der Waals surface area contributed by atoms with Crippen LogP contribution in [0.2, 0.25) is 0 Å². The van der Waals surface area contributed by atoms with Gasteiger partial charge in [0.2, 0.25) is 0 Å². The van der Waals surface area contributed by atoms with Crippen LogP contribution in [0, 0.1) is 5.92 Å². The molecule has 0 aliphatic heterocycles. The molecule has 0 radical (unpaired) electrons. The largest absolute Gasteiger partial charge is 0.479 e. The van der Waals surface area contributed by atoms with Crippen molar-refractivity contribution in [2.24, 2.45) is 5.92 Å². The quantitative estimate of drug-likeness (QED) is 0.538. The zero-order valence-corrected chi connectivity index (χ0v) is 10.6. The Morgan fingerprint density at radius 3 is 1.70 bits per heavy atom. The molecule has 0 aromatic heterocycles. The van der Waals surface area contributed by atoms with Gasteiger partial charge in [0.1, 0.15) is 5.92 Å². The van der Waals surface area contributed by atoms with Crippen molar-refractivity contribution in [2.45, 2.75) is 11.8 Å². The summed E-state index contributed by atoms with van der Waals surface area (Å²) in [6, 6.07) is 0. The molecule has 2 atom stereocenters. The van der Waals surface area contributed by atoms with Gasteiger partial charge in [-0.15, -0.1) is 0 Å². The highest BCUT2D eigenvalue weighted by molar-refractivity contribution is 6.09. The molecule has 2 unspecified atom stereocenters. The lowest BCUT2D eigenvalue weighted by Crippen LogP contribution is -2.55. The van der Waals surface area contributed by atoms with Crippen molar-refractivity contribution >= 4 is 23.9 Å². The molecule has 126 valence electrons. The maximum Gasteiger partial charge on any atom is 0.400 e. The molecule has 0 spiro atoms. The Labute approximate surface area is 122 Å². The lowest BCUT2D eigenvalue weighted by atomic mass is 9.71. The van der Waals surface area contributed by atoms with E-state index in [-0.39, 0.29) is 6.08 Å². The van der Waals surface area contributed by atoms with E-state index < -0.39 is 58.4 Å². The molecule has 0 amide bonds. The van der Waals surface area contributed by atoms with Crippen LogP contribution in [0.1, 0.15) is 0 Å². The summed E-state index contributed by atoms with van der Waals surface area (Å²) < 4.78 is 53.8. The van der Waals surface area contributed by atoms with E-state index in [0.29, 0.717) is 0 Å². The van der Waals surface area contributed by atoms with Gasteiger partial charge in [0.25, 0.3) is 5.67 Å². The van der Waals surface area contributed by atoms with Crippen LogP contribution in [-0.2, 0) is 19.2 Å². The van der Waals surface area contributed by atoms with Crippen molar-refractivity contribution < 1.29 is 57.2 Å². The molecule has 0 fully saturated rings. The SMILES string of the molecule is O=C(O)C1=CC(C(=O)O)=C(C(=O)O)C(C(F)(F)F)C1(F)C(=O)O. The Kier molecular flexibility index (Phi) is 4.23. The number of rotatable bonds is 4. The number of halogens is 4. The molecule has 0 aromatic rings. The first-order valence-electron chi connectivity index (χ1n) is 5.41. The van der Waals surface area contributed by atoms with Gasteiger partial charge < -0.3 is 20.4 Å². The Bertz CT molecular complexity index is 674. The highest BCUT2D eigenvalue weighted by atomic mass is 19.4. The fourth-order valence-corrected chi connectivity index (χ4v) is 2.10. The molecule has 1 aliphatic carbocycles. The predicted octanol–water partition coefficient (Wildman–Crippen LogP) is 0.448. The highest BCUT2D eigenvalue weighted by Gasteiger charge is 2.67. The zero-order chi connectivity index (χ0) is 18.3. The summed E-state index contributed by atoms with van der Waals surface area (Å²) in [5.74, 6) is -14.3. The third-order valence-electron chi connectivity index (χ3n) is 2.99. The number of hydrogen-bond donors (Lipinski definition) is 4. The zero-order valence-electron chi connectivity index (χ0n) is 10.6. The van der Waals surface area contributed by atoms with E-state index in [4.69, 9.17) is 20.4 Å². The van der Waals surface area contributed by atoms with E-state index in [0.717, 1.165) is 0 Å². The first kappa shape index (κ1) is 18.1. The van der Waals surface area contributed by atoms with Crippen LogP contribution in [0.4, 0.5) is 17.6 Å². The van der Waals surface area contributed by atoms with E-state index in [1.807, 2.05) is 0 Å². The second-order valence-corrected chi connectivity index (χ2v) is 4.29. The Hall–Kier alpha value is -2.92. The van der Waals surface area contributed by atoms with Crippen molar-refractivity contribution in [3.63, 3.8) is 0 Å². The monoisotopic (exact) mass is 342 g/mol. The topological polar surface area (TPSA) is 149 Å². The fourth-order valence-electron chi connectivity index (χ4n) is 2.10. The van der Waals surface area contributed by atoms with E-state index in [1.54, 1.807) is 0 Å². The van der Waals surface area contributed by atoms with Crippen molar-refractivity contribution in [3.05, 3.63) is 22.8 Å². The van der Waals surface area contributed by atoms with Gasteiger partial charge in [-0.05, 0) is 6.08 Å². The van der Waals surface area contributed by atoms with Crippen LogP contribution in [0.15, 0.2) is 22.8 Å². The predicted molar refractivity (Wildman–Crippen MR) is 59.0 cm³/mol. The van der Waals surface area contributed by atoms with Gasteiger partial charge >= 0.3 is 30.1 Å². The third-order valence-corrected chi connectivity index (χ3v) is 2.99. The summed E-state index contributed by atoms with van der Waals surface area (Å²) in [7, 11) is 0. The van der Waals surface area contributed by atoms with Crippen LogP contribution in [0.25, 0.3) is 0 Å². The number of alkyl halides is 4. The van der Waals surface area contributed by atoms with Gasteiger partial charge in [-0.25, -0.2) is 23.6 Å². The second-order valence-electron chi connectivity index (χ2n) is 4.29. The molecule has 0 bridgehead atoms. The summed E-state index contributed by atoms with van der Waals surface area (Å²) in [6.07, 6.45) is -6.14. The van der Waals surface area contributed by atoms with Crippen molar-refractivity contribution in [1.82, 2.24) is 0 Å². The lowest BCUT2D eigenvalue weighted by molar-refractivity contribution is -0.206. The summed E-state index contributed by atoms with van der Waals surface area (Å²) in [6.45, 7) is 0. The van der Waals surface area contributed by atoms with Crippen LogP contribution >= 0.6 is 0 Å². The molecule has 0 aromatic carbocycles. The maximum atomic E-state index is 14.6. The van der Waals surface area contributed by atoms with Crippen molar-refractivity contribution in [1.29, 1.82) is 0 Å². The number of carboxylic acids is 4. The molecule has 4 N–H and O–H groups in total. The van der Waals surface area contributed by atoms with Crippen LogP contribution in [0.5, 0.6) is 0 Å². The molecule has 0 saturated heterocycles. The normalized spacial score (nSPS) is 24.9. The average molecular weight is 342 g/mol. The van der Waals surface area contributed by atoms with E-state index >= 15 is 0 Å². The van der Waals surface area contributed by atoms with Gasteiger partial charge in [-0.1, -0.05) is 0 Å². The number of carbonyl (C=O) groups is 4. The Balaban J connectivity index is 4.00. The first-order valence-corrected chi connectivity index (χ1v) is 5.41. The minimum atomic E-state index is -5.89. The number of carboxylic acid groups (broad SMARTS) is 4. The second kappa shape index (κ2) is 5.37. The van der Waals surface area contributed by atoms with Crippen molar-refractivity contribution in [2.75, 3.05) is 0 Å². The molecule has 23 heavy (non-hydrogen) atoms. The molecule has 1 aliphatic rings. The number of aliphatic carboxylic acids is 4. The summed E-state index contributed by atoms with van der Waals surface area (Å²) in [5.41, 5.74) is -10.5. The average Bonchev–Trinajstić information content (AvgIpc) is 2.34. The van der Waals surface area contributed by atoms with E-state index in [2.05, 4.69) is 0 Å². The molecule has 12 heteroatoms. The minimum absolute atomic E-state index is 0.246. The molecule has 1 rings (SSSR count). The Morgan fingerprint density at radius 1 is 0.957 bits per heavy atom. The molecular weight excluding hydrogens is 336 g/mol. The minimum Gasteiger partial charge on any atom is -0.479 e. The highest BCUT2D eigenvalue weighted by Crippen LogP contribution is 2.49. The van der Waals surface area contributed by atoms with Gasteiger partial charge in [-0.2, -0.15) is 13.2 Å². The van der Waals surface area contributed by atoms with Gasteiger partial charge in [-0.3, -0.25) is 0 Å². The fraction of sp³-hybridized carbons (Fsp3) is 0.273. The van der Waals surface area contributed by atoms with E-state index in [1.165, 1.54) is 0 Å². The van der Waals surface area contributed by atoms with Gasteiger partial charge in [0.15, 0.2) is 0 Å². The molecule has 0 heterocycles. The molecular formula is C11H6F4O8. The standard InChI is InChI=1S/C11H6F4O8/c12-10(9(22)23)3(7(18)19)1-2(6(16)17)4(8(20)21)5(10)11(13,14)15/h1,5H,(H,16,17)(H,18,19)(H,20,21)(H,22,23). The molecule has 0 saturated carbocycles. The molecule has 8 nitrogen and oxygen atoms in total.